The molecular weight excluding hydrogens is 236 g/mol. The molecule has 0 aliphatic rings. The first kappa shape index (κ1) is 14.0. The molecule has 1 heterocycles. The zero-order valence-corrected chi connectivity index (χ0v) is 10.6. The van der Waals surface area contributed by atoms with E-state index in [1.54, 1.807) is 0 Å². The molecule has 1 aromatic rings. The van der Waals surface area contributed by atoms with E-state index in [0.29, 0.717) is 0 Å². The lowest BCUT2D eigenvalue weighted by atomic mass is 10.1. The molecule has 1 amide bonds. The van der Waals surface area contributed by atoms with E-state index in [9.17, 15) is 9.59 Å². The smallest absolute Gasteiger partial charge is 0.339 e. The summed E-state index contributed by atoms with van der Waals surface area (Å²) in [6.07, 6.45) is 2.62. The van der Waals surface area contributed by atoms with Gasteiger partial charge in [-0.15, -0.1) is 0 Å². The van der Waals surface area contributed by atoms with E-state index in [2.05, 4.69) is 10.3 Å². The summed E-state index contributed by atoms with van der Waals surface area (Å²) in [6, 6.07) is 1.32. The van der Waals surface area contributed by atoms with E-state index in [1.807, 2.05) is 20.8 Å². The third kappa shape index (κ3) is 4.40. The Hall–Kier alpha value is -2.11. The Morgan fingerprint density at radius 1 is 1.44 bits per heavy atom. The third-order valence-electron chi connectivity index (χ3n) is 1.89. The van der Waals surface area contributed by atoms with Gasteiger partial charge in [-0.2, -0.15) is 0 Å². The molecule has 0 saturated carbocycles. The van der Waals surface area contributed by atoms with E-state index in [-0.39, 0.29) is 29.4 Å². The fourth-order valence-corrected chi connectivity index (χ4v) is 1.27. The minimum atomic E-state index is -1.12. The molecule has 0 aliphatic carbocycles. The van der Waals surface area contributed by atoms with Crippen molar-refractivity contribution >= 4 is 11.9 Å². The number of rotatable bonds is 4. The molecule has 1 aromatic heterocycles. The Labute approximate surface area is 105 Å². The van der Waals surface area contributed by atoms with Gasteiger partial charge in [0.2, 0.25) is 0 Å². The molecule has 0 fully saturated rings. The van der Waals surface area contributed by atoms with Gasteiger partial charge in [-0.25, -0.2) is 4.79 Å². The Morgan fingerprint density at radius 3 is 2.67 bits per heavy atom. The zero-order chi connectivity index (χ0) is 13.8. The Bertz CT molecular complexity index is 452. The molecule has 2 N–H and O–H groups in total. The van der Waals surface area contributed by atoms with Crippen LogP contribution in [0.3, 0.4) is 0 Å². The van der Waals surface area contributed by atoms with Crippen molar-refractivity contribution in [1.29, 1.82) is 0 Å². The van der Waals surface area contributed by atoms with E-state index in [0.717, 1.165) is 0 Å². The molecule has 0 unspecified atom stereocenters. The SMILES string of the molecule is CC(C)(C)NC(=O)COc1cnccc1C(=O)O. The topological polar surface area (TPSA) is 88.5 Å². The Morgan fingerprint density at radius 2 is 2.11 bits per heavy atom. The monoisotopic (exact) mass is 252 g/mol. The highest BCUT2D eigenvalue weighted by molar-refractivity contribution is 5.90. The lowest BCUT2D eigenvalue weighted by Gasteiger charge is -2.20. The summed E-state index contributed by atoms with van der Waals surface area (Å²) in [4.78, 5) is 26.2. The number of hydrogen-bond donors (Lipinski definition) is 2. The van der Waals surface area contributed by atoms with Gasteiger partial charge < -0.3 is 15.2 Å². The van der Waals surface area contributed by atoms with Crippen molar-refractivity contribution in [2.75, 3.05) is 6.61 Å². The van der Waals surface area contributed by atoms with Crippen LogP contribution in [0.2, 0.25) is 0 Å². The first-order valence-electron chi connectivity index (χ1n) is 5.41. The first-order valence-corrected chi connectivity index (χ1v) is 5.41. The molecule has 6 nitrogen and oxygen atoms in total. The summed E-state index contributed by atoms with van der Waals surface area (Å²) in [6.45, 7) is 5.29. The fraction of sp³-hybridized carbons (Fsp3) is 0.417. The summed E-state index contributed by atoms with van der Waals surface area (Å²) in [5, 5.41) is 11.6. The fourth-order valence-electron chi connectivity index (χ4n) is 1.27. The van der Waals surface area contributed by atoms with Crippen LogP contribution in [-0.2, 0) is 4.79 Å². The maximum atomic E-state index is 11.5. The van der Waals surface area contributed by atoms with Crippen molar-refractivity contribution in [2.45, 2.75) is 26.3 Å². The largest absolute Gasteiger partial charge is 0.481 e. The van der Waals surface area contributed by atoms with Crippen LogP contribution in [-0.4, -0.2) is 34.1 Å². The van der Waals surface area contributed by atoms with Crippen molar-refractivity contribution < 1.29 is 19.4 Å². The van der Waals surface area contributed by atoms with Crippen LogP contribution < -0.4 is 10.1 Å². The molecule has 98 valence electrons. The molecule has 0 atom stereocenters. The van der Waals surface area contributed by atoms with Crippen LogP contribution in [0.25, 0.3) is 0 Å². The van der Waals surface area contributed by atoms with E-state index in [4.69, 9.17) is 9.84 Å². The molecule has 18 heavy (non-hydrogen) atoms. The highest BCUT2D eigenvalue weighted by Gasteiger charge is 2.16. The second-order valence-corrected chi connectivity index (χ2v) is 4.76. The van der Waals surface area contributed by atoms with Gasteiger partial charge in [0.1, 0.15) is 5.56 Å². The van der Waals surface area contributed by atoms with Crippen molar-refractivity contribution in [3.8, 4) is 5.75 Å². The average Bonchev–Trinajstić information content (AvgIpc) is 2.24. The molecule has 0 spiro atoms. The molecule has 0 saturated heterocycles. The number of aromatic nitrogens is 1. The number of hydrogen-bond acceptors (Lipinski definition) is 4. The van der Waals surface area contributed by atoms with Gasteiger partial charge in [-0.05, 0) is 26.8 Å². The second-order valence-electron chi connectivity index (χ2n) is 4.76. The van der Waals surface area contributed by atoms with Crippen molar-refractivity contribution in [1.82, 2.24) is 10.3 Å². The third-order valence-corrected chi connectivity index (χ3v) is 1.89. The summed E-state index contributed by atoms with van der Waals surface area (Å²) in [7, 11) is 0. The predicted molar refractivity (Wildman–Crippen MR) is 64.6 cm³/mol. The van der Waals surface area contributed by atoms with Gasteiger partial charge in [0, 0.05) is 11.7 Å². The lowest BCUT2D eigenvalue weighted by molar-refractivity contribution is -0.124. The van der Waals surface area contributed by atoms with Gasteiger partial charge in [0.15, 0.2) is 12.4 Å². The predicted octanol–water partition coefficient (Wildman–Crippen LogP) is 1.07. The summed E-state index contributed by atoms with van der Waals surface area (Å²) < 4.78 is 5.15. The van der Waals surface area contributed by atoms with Gasteiger partial charge in [0.05, 0.1) is 6.20 Å². The van der Waals surface area contributed by atoms with E-state index < -0.39 is 5.97 Å². The lowest BCUT2D eigenvalue weighted by Crippen LogP contribution is -2.43. The second kappa shape index (κ2) is 5.48. The highest BCUT2D eigenvalue weighted by Crippen LogP contribution is 2.15. The maximum Gasteiger partial charge on any atom is 0.339 e. The number of amides is 1. The minimum Gasteiger partial charge on any atom is -0.481 e. The standard InChI is InChI=1S/C12H16N2O4/c1-12(2,3)14-10(15)7-18-9-6-13-5-4-8(9)11(16)17/h4-6H,7H2,1-3H3,(H,14,15)(H,16,17). The van der Waals surface area contributed by atoms with E-state index in [1.165, 1.54) is 18.5 Å². The molecule has 0 bridgehead atoms. The quantitative estimate of drug-likeness (QED) is 0.836. The number of nitrogens with one attached hydrogen (secondary N) is 1. The normalized spacial score (nSPS) is 10.8. The van der Waals surface area contributed by atoms with Crippen LogP contribution in [0.5, 0.6) is 5.75 Å². The van der Waals surface area contributed by atoms with Gasteiger partial charge >= 0.3 is 5.97 Å². The summed E-state index contributed by atoms with van der Waals surface area (Å²) >= 11 is 0. The van der Waals surface area contributed by atoms with Crippen LogP contribution in [0.4, 0.5) is 0 Å². The number of carbonyl (C=O) groups is 2. The molecule has 1 rings (SSSR count). The summed E-state index contributed by atoms with van der Waals surface area (Å²) in [5.74, 6) is -1.36. The molecular formula is C12H16N2O4. The van der Waals surface area contributed by atoms with Gasteiger partial charge in [0.25, 0.3) is 5.91 Å². The summed E-state index contributed by atoms with van der Waals surface area (Å²) in [5.41, 5.74) is -0.376. The molecule has 0 aliphatic heterocycles. The minimum absolute atomic E-state index is 0.0199. The Kier molecular flexibility index (Phi) is 4.25. The van der Waals surface area contributed by atoms with Crippen molar-refractivity contribution in [2.24, 2.45) is 0 Å². The Balaban J connectivity index is 2.64. The van der Waals surface area contributed by atoms with Gasteiger partial charge in [-0.1, -0.05) is 0 Å². The number of ether oxygens (including phenoxy) is 1. The average molecular weight is 252 g/mol. The maximum absolute atomic E-state index is 11.5. The van der Waals surface area contributed by atoms with Crippen LogP contribution in [0.1, 0.15) is 31.1 Å². The van der Waals surface area contributed by atoms with Crippen LogP contribution in [0, 0.1) is 0 Å². The number of pyridine rings is 1. The number of carbonyl (C=O) groups excluding carboxylic acids is 1. The van der Waals surface area contributed by atoms with Crippen LogP contribution >= 0.6 is 0 Å². The van der Waals surface area contributed by atoms with Crippen LogP contribution in [0.15, 0.2) is 18.5 Å². The number of aromatic carboxylic acids is 1. The van der Waals surface area contributed by atoms with Crippen molar-refractivity contribution in [3.05, 3.63) is 24.0 Å². The number of carboxylic acid groups (broad SMARTS) is 1. The van der Waals surface area contributed by atoms with E-state index >= 15 is 0 Å². The highest BCUT2D eigenvalue weighted by atomic mass is 16.5. The zero-order valence-electron chi connectivity index (χ0n) is 10.6. The first-order chi connectivity index (χ1) is 8.29. The van der Waals surface area contributed by atoms with Gasteiger partial charge in [-0.3, -0.25) is 9.78 Å². The number of carboxylic acids is 1. The molecule has 0 aromatic carbocycles. The molecule has 0 radical (unpaired) electrons. The van der Waals surface area contributed by atoms with Crippen molar-refractivity contribution in [3.63, 3.8) is 0 Å². The molecule has 6 heteroatoms. The number of nitrogens with zero attached hydrogens (tertiary/aromatic N) is 1.